The zero-order valence-corrected chi connectivity index (χ0v) is 28.1. The zero-order chi connectivity index (χ0) is 28.1. The lowest BCUT2D eigenvalue weighted by atomic mass is 10.1. The molecule has 1 aromatic heterocycles. The first-order valence-electron chi connectivity index (χ1n) is 14.2. The van der Waals surface area contributed by atoms with Crippen LogP contribution in [-0.2, 0) is 20.9 Å². The van der Waals surface area contributed by atoms with E-state index in [2.05, 4.69) is 55.2 Å². The number of pyridine rings is 1. The molecule has 6 nitrogen and oxygen atoms in total. The van der Waals surface area contributed by atoms with Gasteiger partial charge in [0.05, 0.1) is 45.6 Å². The number of esters is 1. The van der Waals surface area contributed by atoms with Gasteiger partial charge in [0.2, 0.25) is 11.4 Å². The first-order chi connectivity index (χ1) is 18.8. The average molecular weight is 692 g/mol. The molecule has 0 spiro atoms. The Bertz CT molecular complexity index is 1250. The van der Waals surface area contributed by atoms with E-state index in [1.54, 1.807) is 11.8 Å². The van der Waals surface area contributed by atoms with Gasteiger partial charge < -0.3 is 43.2 Å². The van der Waals surface area contributed by atoms with Gasteiger partial charge in [0.1, 0.15) is 6.54 Å². The van der Waals surface area contributed by atoms with E-state index in [9.17, 15) is 9.59 Å². The maximum Gasteiger partial charge on any atom is 0.305 e. The molecular formula is C33H45Br2N3O3. The fourth-order valence-corrected chi connectivity index (χ4v) is 4.94. The number of quaternary nitrogens is 1. The van der Waals surface area contributed by atoms with Crippen molar-refractivity contribution >= 4 is 34.5 Å². The SMILES string of the molecule is CCOC(=O)CCC[N+](C)(C)CCCCCC[n+]1ccc(/C=C/N(C(C)=O)c2ccccc2)c2ccccc21.[Br-].[Br-]. The standard InChI is InChI=1S/C33H45N3O3.2BrH/c1-5-39-33(38)20-15-27-36(3,4)26-14-7-6-13-23-34-24-21-29(31-18-11-12-19-32(31)34)22-25-35(28(2)37)30-16-9-8-10-17-30;;/h8-12,16-19,21-22,24-25H,5-7,13-15,20,23,26-27H2,1-4H3;2*1H/q+2;;/p-2. The van der Waals surface area contributed by atoms with Crippen LogP contribution in [0.4, 0.5) is 5.69 Å². The van der Waals surface area contributed by atoms with Crippen LogP contribution in [0, 0.1) is 0 Å². The van der Waals surface area contributed by atoms with E-state index >= 15 is 0 Å². The van der Waals surface area contributed by atoms with E-state index in [0.717, 1.165) is 48.2 Å². The van der Waals surface area contributed by atoms with Crippen LogP contribution >= 0.6 is 0 Å². The first kappa shape index (κ1) is 36.5. The minimum atomic E-state index is -0.0863. The molecule has 1 amide bonds. The van der Waals surface area contributed by atoms with Gasteiger partial charge in [-0.25, -0.2) is 0 Å². The number of aromatic nitrogens is 1. The highest BCUT2D eigenvalue weighted by Gasteiger charge is 2.16. The fourth-order valence-electron chi connectivity index (χ4n) is 4.94. The highest BCUT2D eigenvalue weighted by molar-refractivity contribution is 5.95. The number of benzene rings is 2. The molecule has 0 unspecified atom stereocenters. The van der Waals surface area contributed by atoms with Crippen molar-refractivity contribution in [1.82, 2.24) is 0 Å². The van der Waals surface area contributed by atoms with Crippen LogP contribution in [0.2, 0.25) is 0 Å². The number of halogens is 2. The summed E-state index contributed by atoms with van der Waals surface area (Å²) in [4.78, 5) is 25.5. The molecule has 0 bridgehead atoms. The van der Waals surface area contributed by atoms with E-state index in [1.165, 1.54) is 30.2 Å². The minimum Gasteiger partial charge on any atom is -1.00 e. The van der Waals surface area contributed by atoms with Gasteiger partial charge in [0.25, 0.3) is 0 Å². The Morgan fingerprint density at radius 1 is 0.878 bits per heavy atom. The number of carbonyl (C=O) groups is 2. The molecule has 224 valence electrons. The second-order valence-corrected chi connectivity index (χ2v) is 10.7. The maximum atomic E-state index is 12.3. The first-order valence-corrected chi connectivity index (χ1v) is 14.2. The summed E-state index contributed by atoms with van der Waals surface area (Å²) < 4.78 is 8.31. The van der Waals surface area contributed by atoms with Crippen LogP contribution in [0.5, 0.6) is 0 Å². The second kappa shape index (κ2) is 18.8. The predicted molar refractivity (Wildman–Crippen MR) is 159 cm³/mol. The van der Waals surface area contributed by atoms with E-state index in [0.29, 0.717) is 13.0 Å². The largest absolute Gasteiger partial charge is 1.00 e. The predicted octanol–water partition coefficient (Wildman–Crippen LogP) is 0.139. The number of hydrogen-bond acceptors (Lipinski definition) is 3. The van der Waals surface area contributed by atoms with E-state index in [4.69, 9.17) is 4.74 Å². The van der Waals surface area contributed by atoms with Crippen molar-refractivity contribution in [3.8, 4) is 0 Å². The number of para-hydroxylation sites is 2. The minimum absolute atomic E-state index is 0. The number of ether oxygens (including phenoxy) is 1. The average Bonchev–Trinajstić information content (AvgIpc) is 2.92. The van der Waals surface area contributed by atoms with E-state index in [1.807, 2.05) is 49.5 Å². The van der Waals surface area contributed by atoms with E-state index in [-0.39, 0.29) is 45.8 Å². The van der Waals surface area contributed by atoms with Gasteiger partial charge in [-0.05, 0) is 56.0 Å². The lowest BCUT2D eigenvalue weighted by molar-refractivity contribution is -0.890. The van der Waals surface area contributed by atoms with Crippen LogP contribution in [-0.4, -0.2) is 50.2 Å². The molecular weight excluding hydrogens is 646 g/mol. The smallest absolute Gasteiger partial charge is 0.305 e. The molecule has 3 rings (SSSR count). The Kier molecular flexibility index (Phi) is 16.7. The molecule has 1 heterocycles. The third kappa shape index (κ3) is 12.1. The molecule has 0 saturated heterocycles. The number of fused-ring (bicyclic) bond motifs is 1. The Morgan fingerprint density at radius 3 is 2.24 bits per heavy atom. The highest BCUT2D eigenvalue weighted by atomic mass is 79.9. The molecule has 0 radical (unpaired) electrons. The summed E-state index contributed by atoms with van der Waals surface area (Å²) in [6, 6.07) is 20.3. The summed E-state index contributed by atoms with van der Waals surface area (Å²) in [5, 5.41) is 1.18. The number of amides is 1. The summed E-state index contributed by atoms with van der Waals surface area (Å²) in [5.41, 5.74) is 3.15. The Balaban J connectivity index is 0.00000420. The number of unbranched alkanes of at least 4 members (excludes halogenated alkanes) is 3. The third-order valence-electron chi connectivity index (χ3n) is 7.10. The zero-order valence-electron chi connectivity index (χ0n) is 24.9. The number of carbonyl (C=O) groups excluding carboxylic acids is 2. The van der Waals surface area contributed by atoms with Gasteiger partial charge >= 0.3 is 5.97 Å². The number of aryl methyl sites for hydroxylation is 1. The molecule has 0 aliphatic carbocycles. The number of anilines is 1. The number of rotatable bonds is 15. The van der Waals surface area contributed by atoms with Crippen LogP contribution in [0.3, 0.4) is 0 Å². The van der Waals surface area contributed by atoms with Crippen molar-refractivity contribution in [1.29, 1.82) is 0 Å². The van der Waals surface area contributed by atoms with Crippen molar-refractivity contribution in [2.45, 2.75) is 58.9 Å². The normalized spacial score (nSPS) is 11.1. The van der Waals surface area contributed by atoms with Gasteiger partial charge in [-0.15, -0.1) is 0 Å². The van der Waals surface area contributed by atoms with Gasteiger partial charge in [-0.1, -0.05) is 30.3 Å². The lowest BCUT2D eigenvalue weighted by Crippen LogP contribution is -3.00. The van der Waals surface area contributed by atoms with Gasteiger partial charge in [0.15, 0.2) is 6.20 Å². The number of hydrogen-bond donors (Lipinski definition) is 0. The number of nitrogens with zero attached hydrogens (tertiary/aromatic N) is 3. The molecule has 0 fully saturated rings. The Labute approximate surface area is 267 Å². The van der Waals surface area contributed by atoms with Gasteiger partial charge in [-0.2, -0.15) is 4.57 Å². The molecule has 0 atom stereocenters. The van der Waals surface area contributed by atoms with E-state index < -0.39 is 0 Å². The summed E-state index contributed by atoms with van der Waals surface area (Å²) in [7, 11) is 4.50. The van der Waals surface area contributed by atoms with Crippen LogP contribution in [0.1, 0.15) is 57.9 Å². The van der Waals surface area contributed by atoms with Crippen LogP contribution in [0.25, 0.3) is 17.0 Å². The summed E-state index contributed by atoms with van der Waals surface area (Å²) in [6.07, 6.45) is 12.1. The highest BCUT2D eigenvalue weighted by Crippen LogP contribution is 2.20. The van der Waals surface area contributed by atoms with Gasteiger partial charge in [0, 0.05) is 43.8 Å². The summed E-state index contributed by atoms with van der Waals surface area (Å²) in [5.74, 6) is -0.108. The van der Waals surface area contributed by atoms with Gasteiger partial charge in [-0.3, -0.25) is 14.5 Å². The van der Waals surface area contributed by atoms with Crippen molar-refractivity contribution in [3.05, 3.63) is 78.6 Å². The summed E-state index contributed by atoms with van der Waals surface area (Å²) >= 11 is 0. The molecule has 8 heteroatoms. The Morgan fingerprint density at radius 2 is 1.54 bits per heavy atom. The molecule has 0 N–H and O–H groups in total. The lowest BCUT2D eigenvalue weighted by Gasteiger charge is -2.29. The fraction of sp³-hybridized carbons (Fsp3) is 0.424. The Hall–Kier alpha value is -2.55. The molecule has 2 aromatic carbocycles. The summed E-state index contributed by atoms with van der Waals surface area (Å²) in [6.45, 7) is 6.99. The maximum absolute atomic E-state index is 12.3. The molecule has 0 saturated carbocycles. The topological polar surface area (TPSA) is 50.5 Å². The third-order valence-corrected chi connectivity index (χ3v) is 7.10. The van der Waals surface area contributed by atoms with Crippen molar-refractivity contribution in [3.63, 3.8) is 0 Å². The van der Waals surface area contributed by atoms with Crippen molar-refractivity contribution in [2.24, 2.45) is 0 Å². The molecule has 0 aliphatic heterocycles. The quantitative estimate of drug-likeness (QED) is 0.0988. The monoisotopic (exact) mass is 689 g/mol. The van der Waals surface area contributed by atoms with Crippen molar-refractivity contribution in [2.75, 3.05) is 38.7 Å². The second-order valence-electron chi connectivity index (χ2n) is 10.7. The van der Waals surface area contributed by atoms with Crippen LogP contribution in [0.15, 0.2) is 73.1 Å². The molecule has 41 heavy (non-hydrogen) atoms. The molecule has 3 aromatic rings. The molecule has 0 aliphatic rings. The van der Waals surface area contributed by atoms with Crippen LogP contribution < -0.4 is 43.4 Å². The van der Waals surface area contributed by atoms with Crippen molar-refractivity contribution < 1.29 is 57.3 Å².